The largest absolute Gasteiger partial charge is 0.349 e. The molecule has 0 spiro atoms. The zero-order valence-electron chi connectivity index (χ0n) is 6.74. The molecule has 0 aliphatic carbocycles. The number of aromatic nitrogens is 3. The summed E-state index contributed by atoms with van der Waals surface area (Å²) < 4.78 is 0. The molecule has 0 bridgehead atoms. The van der Waals surface area contributed by atoms with Crippen LogP contribution < -0.4 is 5.32 Å². The van der Waals surface area contributed by atoms with Gasteiger partial charge < -0.3 is 5.32 Å². The molecule has 1 aromatic rings. The van der Waals surface area contributed by atoms with E-state index in [1.54, 1.807) is 0 Å². The fourth-order valence-corrected chi connectivity index (χ4v) is 0.846. The van der Waals surface area contributed by atoms with Crippen molar-refractivity contribution in [3.8, 4) is 0 Å². The number of rotatable bonds is 4. The number of aromatic amines is 1. The highest BCUT2D eigenvalue weighted by atomic mass is 35.5. The predicted molar refractivity (Wildman–Crippen MR) is 44.4 cm³/mol. The highest BCUT2D eigenvalue weighted by molar-refractivity contribution is 6.28. The summed E-state index contributed by atoms with van der Waals surface area (Å²) in [5.41, 5.74) is 0. The van der Waals surface area contributed by atoms with Gasteiger partial charge in [0.25, 0.3) is 0 Å². The van der Waals surface area contributed by atoms with Crippen LogP contribution in [0.1, 0.15) is 17.5 Å². The van der Waals surface area contributed by atoms with E-state index in [1.807, 2.05) is 0 Å². The molecule has 2 N–H and O–H groups in total. The first-order valence-corrected chi connectivity index (χ1v) is 3.84. The highest BCUT2D eigenvalue weighted by Crippen LogP contribution is 2.01. The van der Waals surface area contributed by atoms with E-state index in [0.29, 0.717) is 6.41 Å². The summed E-state index contributed by atoms with van der Waals surface area (Å²) >= 11 is 5.41. The quantitative estimate of drug-likeness (QED) is 0.522. The van der Waals surface area contributed by atoms with Crippen LogP contribution in [0.25, 0.3) is 0 Å². The minimum absolute atomic E-state index is 0.0353. The van der Waals surface area contributed by atoms with Gasteiger partial charge in [-0.2, -0.15) is 4.98 Å². The second-order valence-corrected chi connectivity index (χ2v) is 2.68. The third kappa shape index (κ3) is 2.25. The van der Waals surface area contributed by atoms with Gasteiger partial charge in [-0.15, -0.1) is 5.10 Å². The van der Waals surface area contributed by atoms with Gasteiger partial charge in [-0.1, -0.05) is 0 Å². The third-order valence-electron chi connectivity index (χ3n) is 1.39. The Bertz CT molecular complexity index is 324. The van der Waals surface area contributed by atoms with Crippen molar-refractivity contribution in [2.75, 3.05) is 0 Å². The zero-order valence-corrected chi connectivity index (χ0v) is 7.50. The minimum Gasteiger partial charge on any atom is -0.349 e. The van der Waals surface area contributed by atoms with Gasteiger partial charge in [-0.3, -0.25) is 9.59 Å². The van der Waals surface area contributed by atoms with Gasteiger partial charge in [0.2, 0.25) is 23.3 Å². The molecule has 1 amide bonds. The number of Topliss-reactive ketones (excluding diaryl/α,β-unsaturated/α-hetero) is 1. The molecular weight excluding hydrogens is 196 g/mol. The van der Waals surface area contributed by atoms with E-state index < -0.39 is 11.8 Å². The van der Waals surface area contributed by atoms with Crippen molar-refractivity contribution in [2.45, 2.75) is 13.0 Å². The maximum atomic E-state index is 11.3. The van der Waals surface area contributed by atoms with Crippen molar-refractivity contribution in [3.05, 3.63) is 11.1 Å². The second-order valence-electron chi connectivity index (χ2n) is 2.32. The van der Waals surface area contributed by atoms with E-state index in [1.165, 1.54) is 6.92 Å². The van der Waals surface area contributed by atoms with E-state index in [2.05, 4.69) is 20.5 Å². The number of nitrogens with one attached hydrogen (secondary N) is 2. The molecule has 0 aliphatic heterocycles. The maximum absolute atomic E-state index is 11.3. The average Bonchev–Trinajstić information content (AvgIpc) is 2.51. The van der Waals surface area contributed by atoms with Crippen LogP contribution in [-0.2, 0) is 4.79 Å². The molecule has 7 heteroatoms. The van der Waals surface area contributed by atoms with Crippen molar-refractivity contribution in [1.29, 1.82) is 0 Å². The highest BCUT2D eigenvalue weighted by Gasteiger charge is 2.18. The second kappa shape index (κ2) is 3.99. The molecule has 0 aromatic carbocycles. The van der Waals surface area contributed by atoms with E-state index in [0.717, 1.165) is 0 Å². The van der Waals surface area contributed by atoms with Crippen molar-refractivity contribution in [1.82, 2.24) is 20.5 Å². The van der Waals surface area contributed by atoms with Gasteiger partial charge in [0.05, 0.1) is 6.04 Å². The average molecular weight is 203 g/mol. The van der Waals surface area contributed by atoms with Gasteiger partial charge in [0, 0.05) is 0 Å². The summed E-state index contributed by atoms with van der Waals surface area (Å²) in [4.78, 5) is 24.9. The number of carbonyl (C=O) groups excluding carboxylic acids is 2. The Morgan fingerprint density at radius 3 is 2.92 bits per heavy atom. The molecule has 13 heavy (non-hydrogen) atoms. The van der Waals surface area contributed by atoms with Crippen LogP contribution >= 0.6 is 11.6 Å². The minimum atomic E-state index is -0.649. The Kier molecular flexibility index (Phi) is 2.97. The van der Waals surface area contributed by atoms with E-state index in [4.69, 9.17) is 11.6 Å². The topological polar surface area (TPSA) is 87.7 Å². The summed E-state index contributed by atoms with van der Waals surface area (Å²) in [7, 11) is 0. The van der Waals surface area contributed by atoms with Crippen LogP contribution in [0.15, 0.2) is 0 Å². The molecule has 70 valence electrons. The first-order chi connectivity index (χ1) is 6.15. The van der Waals surface area contributed by atoms with Crippen molar-refractivity contribution < 1.29 is 9.59 Å². The molecule has 0 fully saturated rings. The maximum Gasteiger partial charge on any atom is 0.223 e. The van der Waals surface area contributed by atoms with Gasteiger partial charge in [0.15, 0.2) is 0 Å². The van der Waals surface area contributed by atoms with Crippen molar-refractivity contribution >= 4 is 23.8 Å². The molecule has 1 aromatic heterocycles. The lowest BCUT2D eigenvalue weighted by Crippen LogP contribution is -2.33. The van der Waals surface area contributed by atoms with Crippen molar-refractivity contribution in [3.63, 3.8) is 0 Å². The van der Waals surface area contributed by atoms with E-state index >= 15 is 0 Å². The molecule has 0 aliphatic rings. The Morgan fingerprint density at radius 1 is 1.77 bits per heavy atom. The fraction of sp³-hybridized carbons (Fsp3) is 0.333. The monoisotopic (exact) mass is 202 g/mol. The summed E-state index contributed by atoms with van der Waals surface area (Å²) in [5.74, 6) is -0.429. The Labute approximate surface area is 78.7 Å². The number of H-pyrrole nitrogens is 1. The number of hydrogen-bond acceptors (Lipinski definition) is 4. The SMILES string of the molecule is CC(NC=O)C(=O)c1n[nH]c(Cl)n1. The molecule has 0 radical (unpaired) electrons. The molecule has 0 saturated carbocycles. The lowest BCUT2D eigenvalue weighted by molar-refractivity contribution is -0.109. The Morgan fingerprint density at radius 2 is 2.46 bits per heavy atom. The van der Waals surface area contributed by atoms with E-state index in [-0.39, 0.29) is 11.1 Å². The summed E-state index contributed by atoms with van der Waals surface area (Å²) in [6.07, 6.45) is 0.441. The van der Waals surface area contributed by atoms with Gasteiger partial charge in [-0.05, 0) is 18.5 Å². The normalized spacial score (nSPS) is 12.2. The van der Waals surface area contributed by atoms with Gasteiger partial charge >= 0.3 is 0 Å². The first-order valence-electron chi connectivity index (χ1n) is 3.47. The van der Waals surface area contributed by atoms with Gasteiger partial charge in [-0.25, -0.2) is 5.10 Å². The lowest BCUT2D eigenvalue weighted by atomic mass is 10.2. The van der Waals surface area contributed by atoms with Crippen LogP contribution in [-0.4, -0.2) is 33.4 Å². The van der Waals surface area contributed by atoms with Crippen LogP contribution in [0.4, 0.5) is 0 Å². The third-order valence-corrected chi connectivity index (χ3v) is 1.56. The van der Waals surface area contributed by atoms with Crippen LogP contribution in [0, 0.1) is 0 Å². The number of nitrogens with zero attached hydrogens (tertiary/aromatic N) is 2. The number of carbonyl (C=O) groups is 2. The summed E-state index contributed by atoms with van der Waals surface area (Å²) in [6, 6.07) is -0.649. The molecular formula is C6H7ClN4O2. The first kappa shape index (κ1) is 9.66. The number of amides is 1. The molecule has 1 heterocycles. The fourth-order valence-electron chi connectivity index (χ4n) is 0.724. The van der Waals surface area contributed by atoms with Crippen LogP contribution in [0.3, 0.4) is 0 Å². The Balaban J connectivity index is 2.73. The molecule has 1 atom stereocenters. The zero-order chi connectivity index (χ0) is 9.84. The standard InChI is InChI=1S/C6H7ClN4O2/c1-3(8-2-12)4(13)5-9-6(7)11-10-5/h2-3H,1H3,(H,8,12)(H,9,10,11). The summed E-state index contributed by atoms with van der Waals surface area (Å²) in [6.45, 7) is 1.53. The molecule has 1 rings (SSSR count). The van der Waals surface area contributed by atoms with Gasteiger partial charge in [0.1, 0.15) is 0 Å². The lowest BCUT2D eigenvalue weighted by Gasteiger charge is -2.04. The van der Waals surface area contributed by atoms with E-state index in [9.17, 15) is 9.59 Å². The number of halogens is 1. The molecule has 6 nitrogen and oxygen atoms in total. The van der Waals surface area contributed by atoms with Crippen LogP contribution in [0.5, 0.6) is 0 Å². The predicted octanol–water partition coefficient (Wildman–Crippen LogP) is -0.225. The molecule has 1 unspecified atom stereocenters. The Hall–Kier alpha value is -1.43. The van der Waals surface area contributed by atoms with Crippen LogP contribution in [0.2, 0.25) is 5.28 Å². The number of ketones is 1. The number of hydrogen-bond donors (Lipinski definition) is 2. The van der Waals surface area contributed by atoms with Crippen molar-refractivity contribution in [2.24, 2.45) is 0 Å². The molecule has 0 saturated heterocycles. The summed E-state index contributed by atoms with van der Waals surface area (Å²) in [5, 5.41) is 8.19. The smallest absolute Gasteiger partial charge is 0.223 e.